The smallest absolute Gasteiger partial charge is 0.330 e. The van der Waals surface area contributed by atoms with Crippen molar-refractivity contribution in [2.24, 2.45) is 0 Å². The Labute approximate surface area is 181 Å². The van der Waals surface area contributed by atoms with Gasteiger partial charge in [0.2, 0.25) is 0 Å². The minimum absolute atomic E-state index is 0.198. The van der Waals surface area contributed by atoms with Gasteiger partial charge < -0.3 is 19.7 Å². The van der Waals surface area contributed by atoms with E-state index in [9.17, 15) is 29.4 Å². The van der Waals surface area contributed by atoms with Crippen LogP contribution < -0.4 is 22.5 Å². The highest BCUT2D eigenvalue weighted by Crippen LogP contribution is 2.38. The van der Waals surface area contributed by atoms with Crippen molar-refractivity contribution in [3.63, 3.8) is 0 Å². The number of rotatable bonds is 5. The summed E-state index contributed by atoms with van der Waals surface area (Å²) >= 11 is 0. The van der Waals surface area contributed by atoms with Gasteiger partial charge in [-0.05, 0) is 6.08 Å². The van der Waals surface area contributed by atoms with E-state index in [2.05, 4.69) is 20.2 Å². The lowest BCUT2D eigenvalue weighted by molar-refractivity contribution is -0.0385. The first-order valence-electron chi connectivity index (χ1n) is 9.74. The number of ether oxygens (including phenoxy) is 2. The fourth-order valence-electron chi connectivity index (χ4n) is 3.70. The van der Waals surface area contributed by atoms with Crippen molar-refractivity contribution in [2.45, 2.75) is 24.7 Å². The molecular weight excluding hydrogens is 442 g/mol. The maximum absolute atomic E-state index is 12.3. The molecule has 0 unspecified atom stereocenters. The van der Waals surface area contributed by atoms with Gasteiger partial charge in [-0.2, -0.15) is 9.90 Å². The van der Waals surface area contributed by atoms with Gasteiger partial charge >= 0.3 is 11.4 Å². The predicted octanol–water partition coefficient (Wildman–Crippen LogP) is -2.98. The first-order valence-corrected chi connectivity index (χ1v) is 9.74. The summed E-state index contributed by atoms with van der Waals surface area (Å²) in [5.74, 6) is 0. The number of hydrogen-bond acceptors (Lipinski definition) is 10. The Balaban J connectivity index is 1.60. The zero-order chi connectivity index (χ0) is 23.3. The second-order valence-corrected chi connectivity index (χ2v) is 7.26. The molecule has 0 amide bonds. The van der Waals surface area contributed by atoms with Crippen molar-refractivity contribution in [1.29, 1.82) is 0 Å². The van der Waals surface area contributed by atoms with Crippen LogP contribution in [-0.2, 0) is 9.47 Å². The molecule has 33 heavy (non-hydrogen) atoms. The SMILES string of the molecule is O=c1ccn([C@@H]2O[C@H](CO)C=C2n2nc3c(n2)[C@@H](CO)O[C@H]3n2ccc(=O)[nH]c2=O)c(=O)[nH]1. The Morgan fingerprint density at radius 2 is 1.45 bits per heavy atom. The van der Waals surface area contributed by atoms with Gasteiger partial charge in [-0.15, -0.1) is 5.10 Å². The number of aromatic nitrogens is 7. The zero-order valence-corrected chi connectivity index (χ0v) is 16.7. The molecule has 172 valence electrons. The van der Waals surface area contributed by atoms with E-state index >= 15 is 0 Å². The summed E-state index contributed by atoms with van der Waals surface area (Å²) in [5, 5.41) is 28.0. The minimum atomic E-state index is -1.08. The summed E-state index contributed by atoms with van der Waals surface area (Å²) in [5.41, 5.74) is -1.98. The predicted molar refractivity (Wildman–Crippen MR) is 107 cm³/mol. The van der Waals surface area contributed by atoms with E-state index in [1.165, 1.54) is 18.5 Å². The number of nitrogens with zero attached hydrogens (tertiary/aromatic N) is 5. The Morgan fingerprint density at radius 3 is 2.03 bits per heavy atom. The summed E-state index contributed by atoms with van der Waals surface area (Å²) in [4.78, 5) is 52.8. The maximum atomic E-state index is 12.3. The van der Waals surface area contributed by atoms with Gasteiger partial charge in [-0.1, -0.05) is 0 Å². The van der Waals surface area contributed by atoms with Crippen molar-refractivity contribution in [2.75, 3.05) is 13.2 Å². The van der Waals surface area contributed by atoms with Crippen LogP contribution in [0.25, 0.3) is 5.70 Å². The largest absolute Gasteiger partial charge is 0.393 e. The second-order valence-electron chi connectivity index (χ2n) is 7.26. The van der Waals surface area contributed by atoms with E-state index < -0.39 is 60.4 Å². The molecule has 0 spiro atoms. The highest BCUT2D eigenvalue weighted by Gasteiger charge is 2.40. The molecule has 0 aromatic carbocycles. The highest BCUT2D eigenvalue weighted by molar-refractivity contribution is 5.50. The van der Waals surface area contributed by atoms with Gasteiger partial charge in [0.05, 0.1) is 13.2 Å². The van der Waals surface area contributed by atoms with Gasteiger partial charge in [0, 0.05) is 24.5 Å². The average Bonchev–Trinajstić information content (AvgIpc) is 3.47. The van der Waals surface area contributed by atoms with Crippen LogP contribution in [0.4, 0.5) is 0 Å². The Morgan fingerprint density at radius 1 is 0.848 bits per heavy atom. The topological polar surface area (TPSA) is 199 Å². The summed E-state index contributed by atoms with van der Waals surface area (Å²) < 4.78 is 13.6. The third-order valence-electron chi connectivity index (χ3n) is 5.20. The van der Waals surface area contributed by atoms with Crippen LogP contribution in [0.1, 0.15) is 29.9 Å². The van der Waals surface area contributed by atoms with Crippen LogP contribution >= 0.6 is 0 Å². The van der Waals surface area contributed by atoms with Crippen LogP contribution in [0, 0.1) is 0 Å². The van der Waals surface area contributed by atoms with Crippen LogP contribution in [0.15, 0.2) is 49.8 Å². The van der Waals surface area contributed by atoms with Gasteiger partial charge in [-0.3, -0.25) is 28.7 Å². The molecule has 0 saturated carbocycles. The molecule has 0 aliphatic carbocycles. The van der Waals surface area contributed by atoms with Crippen LogP contribution in [-0.4, -0.2) is 63.6 Å². The Kier molecular flexibility index (Phi) is 5.01. The molecule has 4 atom stereocenters. The molecule has 0 bridgehead atoms. The van der Waals surface area contributed by atoms with Crippen molar-refractivity contribution >= 4 is 5.70 Å². The first kappa shape index (κ1) is 21.0. The van der Waals surface area contributed by atoms with Gasteiger partial charge in [0.1, 0.15) is 29.3 Å². The van der Waals surface area contributed by atoms with E-state index in [1.807, 2.05) is 0 Å². The molecule has 3 aromatic rings. The number of aliphatic hydroxyl groups is 2. The number of aliphatic hydroxyl groups excluding tert-OH is 2. The van der Waals surface area contributed by atoms with Gasteiger partial charge in [-0.25, -0.2) is 9.59 Å². The number of H-pyrrole nitrogens is 2. The molecule has 0 radical (unpaired) electrons. The summed E-state index contributed by atoms with van der Waals surface area (Å²) in [6.07, 6.45) is 0.113. The first-order chi connectivity index (χ1) is 15.9. The molecule has 5 heterocycles. The molecular formula is C18H17N7O8. The standard InChI is InChI=1S/C18H17N7O8/c26-6-8-5-9(15(32-8)23-3-1-11(28)19-17(23)30)25-21-13-10(7-27)33-16(14(13)22-25)24-4-2-12(29)20-18(24)31/h1-5,8,10,15-16,26-27H,6-7H2,(H,19,28,30)(H,20,29,31)/t8-,10+,15+,16+/m0/s1. The third-order valence-corrected chi connectivity index (χ3v) is 5.20. The maximum Gasteiger partial charge on any atom is 0.330 e. The monoisotopic (exact) mass is 459 g/mol. The molecule has 2 aliphatic rings. The van der Waals surface area contributed by atoms with Crippen molar-refractivity contribution in [3.05, 3.63) is 83.7 Å². The molecule has 0 saturated heterocycles. The fraction of sp³-hybridized carbons (Fsp3) is 0.333. The number of nitrogens with one attached hydrogen (secondary N) is 2. The van der Waals surface area contributed by atoms with Gasteiger partial charge in [0.25, 0.3) is 11.1 Å². The molecule has 5 rings (SSSR count). The molecule has 15 heteroatoms. The van der Waals surface area contributed by atoms with E-state index in [1.54, 1.807) is 0 Å². The zero-order valence-electron chi connectivity index (χ0n) is 16.7. The lowest BCUT2D eigenvalue weighted by atomic mass is 10.2. The quantitative estimate of drug-likeness (QED) is 0.305. The van der Waals surface area contributed by atoms with Gasteiger partial charge in [0.15, 0.2) is 12.5 Å². The molecule has 0 fully saturated rings. The number of fused-ring (bicyclic) bond motifs is 1. The summed E-state index contributed by atoms with van der Waals surface area (Å²) in [6.45, 7) is -0.852. The van der Waals surface area contributed by atoms with Crippen LogP contribution in [0.3, 0.4) is 0 Å². The lowest BCUT2D eigenvalue weighted by Gasteiger charge is -2.18. The Hall–Kier alpha value is -3.92. The lowest BCUT2D eigenvalue weighted by Crippen LogP contribution is -2.34. The van der Waals surface area contributed by atoms with E-state index in [-0.39, 0.29) is 17.1 Å². The normalized spacial score (nSPS) is 24.1. The third kappa shape index (κ3) is 3.48. The van der Waals surface area contributed by atoms with E-state index in [0.29, 0.717) is 0 Å². The van der Waals surface area contributed by atoms with Crippen molar-refractivity contribution < 1.29 is 19.7 Å². The van der Waals surface area contributed by atoms with Crippen LogP contribution in [0.2, 0.25) is 0 Å². The van der Waals surface area contributed by atoms with Crippen molar-refractivity contribution in [3.8, 4) is 0 Å². The molecule has 4 N–H and O–H groups in total. The minimum Gasteiger partial charge on any atom is -0.393 e. The second kappa shape index (κ2) is 7.89. The average molecular weight is 459 g/mol. The van der Waals surface area contributed by atoms with Crippen LogP contribution in [0.5, 0.6) is 0 Å². The fourth-order valence-corrected chi connectivity index (χ4v) is 3.70. The molecule has 3 aromatic heterocycles. The van der Waals surface area contributed by atoms with Crippen molar-refractivity contribution in [1.82, 2.24) is 34.1 Å². The summed E-state index contributed by atoms with van der Waals surface area (Å²) in [6, 6.07) is 2.28. The Bertz CT molecular complexity index is 1480. The number of hydrogen-bond donors (Lipinski definition) is 4. The van der Waals surface area contributed by atoms with E-state index in [0.717, 1.165) is 26.1 Å². The number of aromatic amines is 2. The van der Waals surface area contributed by atoms with E-state index in [4.69, 9.17) is 9.47 Å². The molecule has 2 aliphatic heterocycles. The summed E-state index contributed by atoms with van der Waals surface area (Å²) in [7, 11) is 0. The molecule has 15 nitrogen and oxygen atoms in total. The highest BCUT2D eigenvalue weighted by atomic mass is 16.5.